The number of rotatable bonds is 4. The maximum Gasteiger partial charge on any atom is 0.224 e. The average Bonchev–Trinajstić information content (AvgIpc) is 3.03. The lowest BCUT2D eigenvalue weighted by Crippen LogP contribution is -2.09. The van der Waals surface area contributed by atoms with Gasteiger partial charge in [0.05, 0.1) is 18.1 Å². The van der Waals surface area contributed by atoms with Gasteiger partial charge in [-0.05, 0) is 6.92 Å². The van der Waals surface area contributed by atoms with Crippen LogP contribution in [-0.2, 0) is 13.1 Å². The predicted octanol–water partition coefficient (Wildman–Crippen LogP) is 0.159. The first kappa shape index (κ1) is 11.4. The van der Waals surface area contributed by atoms with Gasteiger partial charge in [0, 0.05) is 6.54 Å². The Hall–Kier alpha value is -2.71. The third kappa shape index (κ3) is 2.05. The van der Waals surface area contributed by atoms with Crippen LogP contribution >= 0.6 is 0 Å². The van der Waals surface area contributed by atoms with Crippen molar-refractivity contribution in [1.29, 1.82) is 0 Å². The highest BCUT2D eigenvalue weighted by Gasteiger charge is 2.09. The molecular formula is C10H13N9. The molecule has 0 unspecified atom stereocenters. The van der Waals surface area contributed by atoms with E-state index in [1.807, 2.05) is 11.5 Å². The Labute approximate surface area is 108 Å². The number of nitrogen functional groups attached to an aromatic ring is 1. The summed E-state index contributed by atoms with van der Waals surface area (Å²) in [5.41, 5.74) is 6.25. The van der Waals surface area contributed by atoms with Crippen LogP contribution in [0.2, 0.25) is 0 Å². The summed E-state index contributed by atoms with van der Waals surface area (Å²) in [7, 11) is 0. The molecule has 0 aliphatic carbocycles. The molecule has 0 saturated heterocycles. The molecule has 4 N–H and O–H groups in total. The maximum absolute atomic E-state index is 5.65. The zero-order valence-corrected chi connectivity index (χ0v) is 10.3. The van der Waals surface area contributed by atoms with E-state index in [9.17, 15) is 0 Å². The lowest BCUT2D eigenvalue weighted by molar-refractivity contribution is 0.707. The van der Waals surface area contributed by atoms with Crippen LogP contribution in [0.5, 0.6) is 0 Å². The number of anilines is 2. The number of nitrogens with two attached hydrogens (primary N) is 1. The molecule has 0 spiro atoms. The van der Waals surface area contributed by atoms with Gasteiger partial charge in [-0.15, -0.1) is 10.2 Å². The number of nitrogens with zero attached hydrogens (tertiary/aromatic N) is 6. The molecule has 9 heteroatoms. The minimum atomic E-state index is 0.191. The molecule has 0 atom stereocenters. The van der Waals surface area contributed by atoms with E-state index in [4.69, 9.17) is 5.73 Å². The van der Waals surface area contributed by atoms with Crippen molar-refractivity contribution < 1.29 is 0 Å². The van der Waals surface area contributed by atoms with Crippen LogP contribution in [0.25, 0.3) is 11.0 Å². The summed E-state index contributed by atoms with van der Waals surface area (Å²) >= 11 is 0. The molecule has 3 aromatic heterocycles. The Bertz CT molecular complexity index is 698. The number of fused-ring (bicyclic) bond motifs is 1. The van der Waals surface area contributed by atoms with Crippen molar-refractivity contribution in [2.75, 3.05) is 11.1 Å². The fourth-order valence-electron chi connectivity index (χ4n) is 1.83. The third-order valence-corrected chi connectivity index (χ3v) is 2.78. The second kappa shape index (κ2) is 4.52. The summed E-state index contributed by atoms with van der Waals surface area (Å²) in [4.78, 5) is 8.22. The van der Waals surface area contributed by atoms with Crippen LogP contribution in [0, 0.1) is 0 Å². The minimum absolute atomic E-state index is 0.191. The van der Waals surface area contributed by atoms with Crippen LogP contribution in [0.3, 0.4) is 0 Å². The standard InChI is InChI=1S/C10H13N9/c1-2-19-5-14-17-7(19)4-12-8-6-3-13-18-9(6)16-10(11)15-8/h3,5H,2,4H2,1H3,(H4,11,12,13,15,16,18). The summed E-state index contributed by atoms with van der Waals surface area (Å²) in [5, 5.41) is 18.6. The molecular weight excluding hydrogens is 246 g/mol. The molecule has 0 aliphatic heterocycles. The van der Waals surface area contributed by atoms with Crippen molar-refractivity contribution in [2.45, 2.75) is 20.0 Å². The van der Waals surface area contributed by atoms with Gasteiger partial charge in [-0.25, -0.2) is 0 Å². The Morgan fingerprint density at radius 1 is 1.42 bits per heavy atom. The van der Waals surface area contributed by atoms with Crippen molar-refractivity contribution in [3.63, 3.8) is 0 Å². The number of hydrogen-bond acceptors (Lipinski definition) is 7. The number of hydrogen-bond donors (Lipinski definition) is 3. The van der Waals surface area contributed by atoms with Gasteiger partial charge in [-0.3, -0.25) is 5.10 Å². The van der Waals surface area contributed by atoms with E-state index in [0.717, 1.165) is 17.8 Å². The van der Waals surface area contributed by atoms with Gasteiger partial charge < -0.3 is 15.6 Å². The lowest BCUT2D eigenvalue weighted by atomic mass is 10.4. The maximum atomic E-state index is 5.65. The van der Waals surface area contributed by atoms with E-state index in [2.05, 4.69) is 35.7 Å². The zero-order valence-electron chi connectivity index (χ0n) is 10.3. The van der Waals surface area contributed by atoms with Gasteiger partial charge in [0.25, 0.3) is 0 Å². The van der Waals surface area contributed by atoms with E-state index < -0.39 is 0 Å². The number of aromatic nitrogens is 7. The largest absolute Gasteiger partial charge is 0.368 e. The molecule has 0 aromatic carbocycles. The van der Waals surface area contributed by atoms with Crippen LogP contribution in [0.4, 0.5) is 11.8 Å². The molecule has 0 bridgehead atoms. The lowest BCUT2D eigenvalue weighted by Gasteiger charge is -2.07. The van der Waals surface area contributed by atoms with E-state index in [1.165, 1.54) is 0 Å². The summed E-state index contributed by atoms with van der Waals surface area (Å²) < 4.78 is 1.95. The highest BCUT2D eigenvalue weighted by atomic mass is 15.3. The molecule has 0 saturated carbocycles. The SMILES string of the molecule is CCn1cnnc1CNc1nc(N)nc2[nH]ncc12. The Kier molecular flexibility index (Phi) is 2.71. The van der Waals surface area contributed by atoms with E-state index in [-0.39, 0.29) is 5.95 Å². The quantitative estimate of drug-likeness (QED) is 0.609. The average molecular weight is 259 g/mol. The Morgan fingerprint density at radius 2 is 2.32 bits per heavy atom. The summed E-state index contributed by atoms with van der Waals surface area (Å²) in [6.07, 6.45) is 3.35. The van der Waals surface area contributed by atoms with Gasteiger partial charge in [0.15, 0.2) is 11.5 Å². The fourth-order valence-corrected chi connectivity index (χ4v) is 1.83. The number of aryl methyl sites for hydroxylation is 1. The number of aromatic amines is 1. The molecule has 0 amide bonds. The molecule has 9 nitrogen and oxygen atoms in total. The zero-order chi connectivity index (χ0) is 13.2. The highest BCUT2D eigenvalue weighted by Crippen LogP contribution is 2.19. The summed E-state index contributed by atoms with van der Waals surface area (Å²) in [5.74, 6) is 1.65. The summed E-state index contributed by atoms with van der Waals surface area (Å²) in [6, 6.07) is 0. The van der Waals surface area contributed by atoms with Crippen LogP contribution in [-0.4, -0.2) is 34.9 Å². The second-order valence-electron chi connectivity index (χ2n) is 3.95. The summed E-state index contributed by atoms with van der Waals surface area (Å²) in [6.45, 7) is 3.35. The monoisotopic (exact) mass is 259 g/mol. The first-order valence-electron chi connectivity index (χ1n) is 5.85. The molecule has 0 aliphatic rings. The van der Waals surface area contributed by atoms with Crippen molar-refractivity contribution in [3.05, 3.63) is 18.3 Å². The number of H-pyrrole nitrogens is 1. The van der Waals surface area contributed by atoms with Gasteiger partial charge in [-0.2, -0.15) is 15.1 Å². The second-order valence-corrected chi connectivity index (χ2v) is 3.95. The molecule has 3 rings (SSSR count). The van der Waals surface area contributed by atoms with E-state index in [0.29, 0.717) is 18.0 Å². The van der Waals surface area contributed by atoms with Gasteiger partial charge in [-0.1, -0.05) is 0 Å². The topological polar surface area (TPSA) is 123 Å². The molecule has 0 radical (unpaired) electrons. The first-order chi connectivity index (χ1) is 9.28. The Morgan fingerprint density at radius 3 is 3.16 bits per heavy atom. The fraction of sp³-hybridized carbons (Fsp3) is 0.300. The van der Waals surface area contributed by atoms with Crippen molar-refractivity contribution in [2.24, 2.45) is 0 Å². The van der Waals surface area contributed by atoms with Gasteiger partial charge in [0.1, 0.15) is 12.1 Å². The highest BCUT2D eigenvalue weighted by molar-refractivity contribution is 5.86. The molecule has 0 fully saturated rings. The van der Waals surface area contributed by atoms with Crippen molar-refractivity contribution in [3.8, 4) is 0 Å². The molecule has 19 heavy (non-hydrogen) atoms. The van der Waals surface area contributed by atoms with Crippen molar-refractivity contribution >= 4 is 22.8 Å². The van der Waals surface area contributed by atoms with E-state index in [1.54, 1.807) is 12.5 Å². The minimum Gasteiger partial charge on any atom is -0.368 e. The Balaban J connectivity index is 1.87. The van der Waals surface area contributed by atoms with Crippen LogP contribution in [0.1, 0.15) is 12.7 Å². The van der Waals surface area contributed by atoms with Crippen molar-refractivity contribution in [1.82, 2.24) is 34.9 Å². The van der Waals surface area contributed by atoms with Gasteiger partial charge in [0.2, 0.25) is 5.95 Å². The first-order valence-corrected chi connectivity index (χ1v) is 5.85. The van der Waals surface area contributed by atoms with Crippen LogP contribution < -0.4 is 11.1 Å². The molecule has 3 heterocycles. The third-order valence-electron chi connectivity index (χ3n) is 2.78. The molecule has 3 aromatic rings. The predicted molar refractivity (Wildman–Crippen MR) is 69.1 cm³/mol. The van der Waals surface area contributed by atoms with Crippen LogP contribution in [0.15, 0.2) is 12.5 Å². The number of nitrogens with one attached hydrogen (secondary N) is 2. The smallest absolute Gasteiger partial charge is 0.224 e. The van der Waals surface area contributed by atoms with E-state index >= 15 is 0 Å². The normalized spacial score (nSPS) is 11.0. The van der Waals surface area contributed by atoms with Gasteiger partial charge >= 0.3 is 0 Å². The molecule has 98 valence electrons.